The number of nitrogens with zero attached hydrogens (tertiary/aromatic N) is 2. The van der Waals surface area contributed by atoms with E-state index in [-0.39, 0.29) is 17.9 Å². The molecule has 1 aromatic carbocycles. The molecule has 1 heterocycles. The number of carbonyl (C=O) groups is 1. The van der Waals surface area contributed by atoms with Crippen molar-refractivity contribution in [2.45, 2.75) is 13.5 Å². The highest BCUT2D eigenvalue weighted by molar-refractivity contribution is 6.31. The Morgan fingerprint density at radius 3 is 2.76 bits per heavy atom. The molecule has 0 amide bonds. The number of rotatable bonds is 3. The minimum Gasteiger partial charge on any atom is -0.292 e. The molecule has 0 aliphatic carbocycles. The summed E-state index contributed by atoms with van der Waals surface area (Å²) in [5.74, 6) is -0.852. The van der Waals surface area contributed by atoms with Gasteiger partial charge in [-0.15, -0.1) is 0 Å². The van der Waals surface area contributed by atoms with Crippen molar-refractivity contribution in [1.82, 2.24) is 9.78 Å². The van der Waals surface area contributed by atoms with Gasteiger partial charge in [-0.3, -0.25) is 9.48 Å². The van der Waals surface area contributed by atoms with E-state index >= 15 is 0 Å². The molecule has 0 radical (unpaired) electrons. The van der Waals surface area contributed by atoms with Gasteiger partial charge in [0, 0.05) is 6.20 Å². The molecule has 2 aromatic rings. The van der Waals surface area contributed by atoms with Crippen LogP contribution in [0, 0.1) is 12.7 Å². The molecule has 0 aliphatic rings. The first-order valence-corrected chi connectivity index (χ1v) is 5.43. The fourth-order valence-electron chi connectivity index (χ4n) is 1.49. The number of ketones is 1. The highest BCUT2D eigenvalue weighted by Gasteiger charge is 2.12. The summed E-state index contributed by atoms with van der Waals surface area (Å²) in [7, 11) is 0. The van der Waals surface area contributed by atoms with Crippen LogP contribution in [0.3, 0.4) is 0 Å². The number of hydrogen-bond acceptors (Lipinski definition) is 2. The zero-order valence-electron chi connectivity index (χ0n) is 9.15. The summed E-state index contributed by atoms with van der Waals surface area (Å²) in [4.78, 5) is 11.8. The van der Waals surface area contributed by atoms with Crippen LogP contribution in [-0.4, -0.2) is 15.6 Å². The van der Waals surface area contributed by atoms with E-state index in [1.165, 1.54) is 16.8 Å². The van der Waals surface area contributed by atoms with Gasteiger partial charge in [-0.05, 0) is 19.1 Å². The van der Waals surface area contributed by atoms with Gasteiger partial charge in [0.2, 0.25) is 0 Å². The SMILES string of the molecule is Cc1nn(CC(=O)c2ccccc2F)cc1Cl. The summed E-state index contributed by atoms with van der Waals surface area (Å²) in [6.45, 7) is 1.72. The Hall–Kier alpha value is -1.68. The number of carbonyl (C=O) groups excluding carboxylic acids is 1. The Kier molecular flexibility index (Phi) is 3.24. The zero-order chi connectivity index (χ0) is 12.4. The number of benzene rings is 1. The van der Waals surface area contributed by atoms with Crippen LogP contribution >= 0.6 is 11.6 Å². The average molecular weight is 253 g/mol. The predicted octanol–water partition coefficient (Wildman–Crippen LogP) is 2.87. The molecule has 3 nitrogen and oxygen atoms in total. The Labute approximate surface area is 103 Å². The van der Waals surface area contributed by atoms with Crippen molar-refractivity contribution in [1.29, 1.82) is 0 Å². The molecule has 0 unspecified atom stereocenters. The van der Waals surface area contributed by atoms with Crippen LogP contribution in [0.1, 0.15) is 16.1 Å². The normalized spacial score (nSPS) is 10.5. The maximum Gasteiger partial charge on any atom is 0.187 e. The van der Waals surface area contributed by atoms with Crippen molar-refractivity contribution in [3.63, 3.8) is 0 Å². The molecule has 0 spiro atoms. The van der Waals surface area contributed by atoms with E-state index < -0.39 is 5.82 Å². The third kappa shape index (κ3) is 2.53. The van der Waals surface area contributed by atoms with E-state index in [9.17, 15) is 9.18 Å². The van der Waals surface area contributed by atoms with E-state index in [2.05, 4.69) is 5.10 Å². The van der Waals surface area contributed by atoms with E-state index in [1.807, 2.05) is 0 Å². The van der Waals surface area contributed by atoms with Gasteiger partial charge >= 0.3 is 0 Å². The first kappa shape index (κ1) is 11.8. The molecule has 5 heteroatoms. The molecular formula is C12H10ClFN2O. The van der Waals surface area contributed by atoms with Gasteiger partial charge in [0.15, 0.2) is 5.78 Å². The van der Waals surface area contributed by atoms with E-state index in [0.717, 1.165) is 0 Å². The Morgan fingerprint density at radius 2 is 2.18 bits per heavy atom. The maximum atomic E-state index is 13.4. The Bertz CT molecular complexity index is 546. The molecule has 17 heavy (non-hydrogen) atoms. The second kappa shape index (κ2) is 4.67. The minimum absolute atomic E-state index is 0.0194. The molecular weight excluding hydrogens is 243 g/mol. The van der Waals surface area contributed by atoms with Crippen molar-refractivity contribution in [3.05, 3.63) is 52.6 Å². The highest BCUT2D eigenvalue weighted by atomic mass is 35.5. The number of Topliss-reactive ketones (excluding diaryl/α,β-unsaturated/α-hetero) is 1. The summed E-state index contributed by atoms with van der Waals surface area (Å²) in [5.41, 5.74) is 0.713. The number of aryl methyl sites for hydroxylation is 1. The Balaban J connectivity index is 2.20. The van der Waals surface area contributed by atoms with Crippen molar-refractivity contribution < 1.29 is 9.18 Å². The number of halogens is 2. The maximum absolute atomic E-state index is 13.4. The van der Waals surface area contributed by atoms with Crippen LogP contribution in [0.15, 0.2) is 30.5 Å². The zero-order valence-corrected chi connectivity index (χ0v) is 9.91. The summed E-state index contributed by atoms with van der Waals surface area (Å²) in [6, 6.07) is 5.88. The van der Waals surface area contributed by atoms with Crippen LogP contribution in [0.25, 0.3) is 0 Å². The molecule has 0 saturated carbocycles. The molecule has 0 bridgehead atoms. The van der Waals surface area contributed by atoms with Gasteiger partial charge in [-0.25, -0.2) is 4.39 Å². The topological polar surface area (TPSA) is 34.9 Å². The highest BCUT2D eigenvalue weighted by Crippen LogP contribution is 2.13. The van der Waals surface area contributed by atoms with Crippen LogP contribution in [0.5, 0.6) is 0 Å². The van der Waals surface area contributed by atoms with Crippen LogP contribution in [0.4, 0.5) is 4.39 Å². The van der Waals surface area contributed by atoms with Gasteiger partial charge in [0.05, 0.1) is 16.3 Å². The first-order chi connectivity index (χ1) is 8.08. The summed E-state index contributed by atoms with van der Waals surface area (Å²) < 4.78 is 14.8. The number of hydrogen-bond donors (Lipinski definition) is 0. The van der Waals surface area contributed by atoms with Gasteiger partial charge in [-0.2, -0.15) is 5.10 Å². The van der Waals surface area contributed by atoms with E-state index in [4.69, 9.17) is 11.6 Å². The number of aromatic nitrogens is 2. The molecule has 1 aromatic heterocycles. The fraction of sp³-hybridized carbons (Fsp3) is 0.167. The third-order valence-electron chi connectivity index (χ3n) is 2.37. The lowest BCUT2D eigenvalue weighted by molar-refractivity contribution is 0.0963. The molecule has 0 aliphatic heterocycles. The quantitative estimate of drug-likeness (QED) is 0.788. The molecule has 2 rings (SSSR count). The molecule has 0 fully saturated rings. The van der Waals surface area contributed by atoms with Crippen LogP contribution in [0.2, 0.25) is 5.02 Å². The first-order valence-electron chi connectivity index (χ1n) is 5.05. The molecule has 0 atom stereocenters. The van der Waals surface area contributed by atoms with Crippen molar-refractivity contribution in [2.24, 2.45) is 0 Å². The fourth-order valence-corrected chi connectivity index (χ4v) is 1.64. The summed E-state index contributed by atoms with van der Waals surface area (Å²) >= 11 is 5.82. The van der Waals surface area contributed by atoms with Crippen LogP contribution < -0.4 is 0 Å². The monoisotopic (exact) mass is 252 g/mol. The van der Waals surface area contributed by atoms with Crippen molar-refractivity contribution >= 4 is 17.4 Å². The van der Waals surface area contributed by atoms with Gasteiger partial charge in [0.1, 0.15) is 12.4 Å². The van der Waals surface area contributed by atoms with E-state index in [1.54, 1.807) is 25.3 Å². The second-order valence-corrected chi connectivity index (χ2v) is 4.07. The largest absolute Gasteiger partial charge is 0.292 e. The lowest BCUT2D eigenvalue weighted by atomic mass is 10.1. The lowest BCUT2D eigenvalue weighted by Crippen LogP contribution is -2.12. The molecule has 88 valence electrons. The lowest BCUT2D eigenvalue weighted by Gasteiger charge is -2.02. The Morgan fingerprint density at radius 1 is 1.47 bits per heavy atom. The minimum atomic E-state index is -0.521. The molecule has 0 saturated heterocycles. The van der Waals surface area contributed by atoms with Crippen molar-refractivity contribution in [3.8, 4) is 0 Å². The summed E-state index contributed by atoms with van der Waals surface area (Å²) in [6.07, 6.45) is 1.55. The standard InChI is InChI=1S/C12H10ClFN2O/c1-8-10(13)6-16(15-8)7-12(17)9-4-2-3-5-11(9)14/h2-6H,7H2,1H3. The molecule has 0 N–H and O–H groups in total. The summed E-state index contributed by atoms with van der Waals surface area (Å²) in [5, 5.41) is 4.54. The average Bonchev–Trinajstić information content (AvgIpc) is 2.58. The van der Waals surface area contributed by atoms with Gasteiger partial charge in [0.25, 0.3) is 0 Å². The second-order valence-electron chi connectivity index (χ2n) is 3.66. The van der Waals surface area contributed by atoms with Gasteiger partial charge < -0.3 is 0 Å². The predicted molar refractivity (Wildman–Crippen MR) is 62.7 cm³/mol. The van der Waals surface area contributed by atoms with Crippen LogP contribution in [-0.2, 0) is 6.54 Å². The van der Waals surface area contributed by atoms with Crippen molar-refractivity contribution in [2.75, 3.05) is 0 Å². The van der Waals surface area contributed by atoms with E-state index in [0.29, 0.717) is 10.7 Å². The third-order valence-corrected chi connectivity index (χ3v) is 2.74. The smallest absolute Gasteiger partial charge is 0.187 e. The van der Waals surface area contributed by atoms with Gasteiger partial charge in [-0.1, -0.05) is 23.7 Å².